The van der Waals surface area contributed by atoms with E-state index in [1.165, 1.54) is 5.56 Å². The minimum atomic E-state index is -0.309. The van der Waals surface area contributed by atoms with Gasteiger partial charge in [-0.05, 0) is 31.9 Å². The number of benzene rings is 1. The topological polar surface area (TPSA) is 46.6 Å². The van der Waals surface area contributed by atoms with Crippen LogP contribution in [0, 0.1) is 0 Å². The number of para-hydroxylation sites is 1. The van der Waals surface area contributed by atoms with E-state index >= 15 is 0 Å². The molecule has 19 heavy (non-hydrogen) atoms. The molecule has 4 nitrogen and oxygen atoms in total. The maximum atomic E-state index is 12.1. The van der Waals surface area contributed by atoms with E-state index < -0.39 is 0 Å². The van der Waals surface area contributed by atoms with Gasteiger partial charge in [0.15, 0.2) is 0 Å². The zero-order valence-corrected chi connectivity index (χ0v) is 11.4. The van der Waals surface area contributed by atoms with Crippen LogP contribution < -0.4 is 4.90 Å². The van der Waals surface area contributed by atoms with Crippen LogP contribution in [0.25, 0.3) is 0 Å². The van der Waals surface area contributed by atoms with Gasteiger partial charge in [0.1, 0.15) is 0 Å². The number of esters is 1. The third-order valence-corrected chi connectivity index (χ3v) is 3.10. The monoisotopic (exact) mass is 261 g/mol. The normalized spacial score (nSPS) is 13.5. The standard InChI is InChI=1S/C15H19NO3/c1-11(2)19-15(18)8-7-14(17)16-10-9-12-5-3-4-6-13(12)16/h3-6,11H,7-10H2,1-2H3. The summed E-state index contributed by atoms with van der Waals surface area (Å²) in [6.07, 6.45) is 1.11. The van der Waals surface area contributed by atoms with Crippen molar-refractivity contribution in [3.05, 3.63) is 29.8 Å². The van der Waals surface area contributed by atoms with E-state index in [2.05, 4.69) is 0 Å². The Morgan fingerprint density at radius 1 is 1.26 bits per heavy atom. The van der Waals surface area contributed by atoms with Crippen LogP contribution in [0.2, 0.25) is 0 Å². The smallest absolute Gasteiger partial charge is 0.306 e. The van der Waals surface area contributed by atoms with E-state index in [1.807, 2.05) is 24.3 Å². The fourth-order valence-electron chi connectivity index (χ4n) is 2.26. The number of hydrogen-bond acceptors (Lipinski definition) is 3. The number of rotatable bonds is 4. The number of carbonyl (C=O) groups excluding carboxylic acids is 2. The number of nitrogens with zero attached hydrogens (tertiary/aromatic N) is 1. The Morgan fingerprint density at radius 3 is 2.74 bits per heavy atom. The van der Waals surface area contributed by atoms with E-state index in [-0.39, 0.29) is 30.8 Å². The molecule has 1 aromatic carbocycles. The Kier molecular flexibility index (Phi) is 4.20. The molecule has 0 bridgehead atoms. The van der Waals surface area contributed by atoms with Crippen molar-refractivity contribution in [3.63, 3.8) is 0 Å². The molecule has 0 saturated heterocycles. The summed E-state index contributed by atoms with van der Waals surface area (Å²) in [5.74, 6) is -0.318. The maximum absolute atomic E-state index is 12.1. The Labute approximate surface area is 113 Å². The second-order valence-electron chi connectivity index (χ2n) is 4.96. The molecular weight excluding hydrogens is 242 g/mol. The average molecular weight is 261 g/mol. The molecule has 0 atom stereocenters. The summed E-state index contributed by atoms with van der Waals surface area (Å²) in [6.45, 7) is 4.31. The summed E-state index contributed by atoms with van der Waals surface area (Å²) in [4.78, 5) is 25.3. The van der Waals surface area contributed by atoms with Crippen molar-refractivity contribution in [2.75, 3.05) is 11.4 Å². The van der Waals surface area contributed by atoms with Gasteiger partial charge in [-0.2, -0.15) is 0 Å². The molecular formula is C15H19NO3. The van der Waals surface area contributed by atoms with E-state index in [0.717, 1.165) is 12.1 Å². The van der Waals surface area contributed by atoms with Crippen molar-refractivity contribution in [1.82, 2.24) is 0 Å². The van der Waals surface area contributed by atoms with E-state index in [9.17, 15) is 9.59 Å². The highest BCUT2D eigenvalue weighted by Crippen LogP contribution is 2.28. The van der Waals surface area contributed by atoms with Gasteiger partial charge in [-0.15, -0.1) is 0 Å². The molecule has 2 rings (SSSR count). The molecule has 1 amide bonds. The van der Waals surface area contributed by atoms with Gasteiger partial charge in [-0.25, -0.2) is 0 Å². The fraction of sp³-hybridized carbons (Fsp3) is 0.467. The molecule has 1 aromatic rings. The van der Waals surface area contributed by atoms with Gasteiger partial charge in [-0.3, -0.25) is 9.59 Å². The van der Waals surface area contributed by atoms with Crippen molar-refractivity contribution < 1.29 is 14.3 Å². The molecule has 4 heteroatoms. The van der Waals surface area contributed by atoms with Crippen LogP contribution in [0.5, 0.6) is 0 Å². The van der Waals surface area contributed by atoms with E-state index in [0.29, 0.717) is 6.54 Å². The van der Waals surface area contributed by atoms with Gasteiger partial charge in [0, 0.05) is 18.7 Å². The molecule has 0 aromatic heterocycles. The lowest BCUT2D eigenvalue weighted by Crippen LogP contribution is -2.29. The van der Waals surface area contributed by atoms with Gasteiger partial charge in [0.2, 0.25) is 5.91 Å². The number of ether oxygens (including phenoxy) is 1. The summed E-state index contributed by atoms with van der Waals surface area (Å²) < 4.78 is 5.02. The molecule has 0 aliphatic carbocycles. The van der Waals surface area contributed by atoms with E-state index in [1.54, 1.807) is 18.7 Å². The first-order valence-electron chi connectivity index (χ1n) is 6.65. The molecule has 1 aliphatic rings. The number of amides is 1. The van der Waals surface area contributed by atoms with Gasteiger partial charge in [-0.1, -0.05) is 18.2 Å². The largest absolute Gasteiger partial charge is 0.463 e. The lowest BCUT2D eigenvalue weighted by atomic mass is 10.2. The minimum Gasteiger partial charge on any atom is -0.463 e. The third kappa shape index (κ3) is 3.34. The number of carbonyl (C=O) groups is 2. The summed E-state index contributed by atoms with van der Waals surface area (Å²) in [5, 5.41) is 0. The lowest BCUT2D eigenvalue weighted by molar-refractivity contribution is -0.148. The SMILES string of the molecule is CC(C)OC(=O)CCC(=O)N1CCc2ccccc21. The van der Waals surface area contributed by atoms with Crippen LogP contribution in [-0.4, -0.2) is 24.5 Å². The summed E-state index contributed by atoms with van der Waals surface area (Å²) in [5.41, 5.74) is 2.17. The van der Waals surface area contributed by atoms with Crippen molar-refractivity contribution in [3.8, 4) is 0 Å². The molecule has 0 spiro atoms. The van der Waals surface area contributed by atoms with Crippen molar-refractivity contribution >= 4 is 17.6 Å². The van der Waals surface area contributed by atoms with Gasteiger partial charge in [0.05, 0.1) is 12.5 Å². The van der Waals surface area contributed by atoms with Crippen molar-refractivity contribution in [1.29, 1.82) is 0 Å². The van der Waals surface area contributed by atoms with Crippen LogP contribution in [0.1, 0.15) is 32.3 Å². The maximum Gasteiger partial charge on any atom is 0.306 e. The van der Waals surface area contributed by atoms with Crippen LogP contribution in [-0.2, 0) is 20.7 Å². The van der Waals surface area contributed by atoms with Crippen molar-refractivity contribution in [2.45, 2.75) is 39.2 Å². The molecule has 0 fully saturated rings. The summed E-state index contributed by atoms with van der Waals surface area (Å²) in [6, 6.07) is 7.90. The van der Waals surface area contributed by atoms with Gasteiger partial charge < -0.3 is 9.64 Å². The molecule has 0 unspecified atom stereocenters. The second kappa shape index (κ2) is 5.87. The minimum absolute atomic E-state index is 0.00865. The van der Waals surface area contributed by atoms with E-state index in [4.69, 9.17) is 4.74 Å². The Bertz CT molecular complexity index is 482. The van der Waals surface area contributed by atoms with Crippen LogP contribution in [0.3, 0.4) is 0 Å². The molecule has 0 radical (unpaired) electrons. The Balaban J connectivity index is 1.90. The molecule has 0 saturated carbocycles. The summed E-state index contributed by atoms with van der Waals surface area (Å²) >= 11 is 0. The average Bonchev–Trinajstić information content (AvgIpc) is 2.79. The van der Waals surface area contributed by atoms with Gasteiger partial charge >= 0.3 is 5.97 Å². The quantitative estimate of drug-likeness (QED) is 0.781. The van der Waals surface area contributed by atoms with Gasteiger partial charge in [0.25, 0.3) is 0 Å². The first kappa shape index (κ1) is 13.6. The fourth-order valence-corrected chi connectivity index (χ4v) is 2.26. The summed E-state index contributed by atoms with van der Waals surface area (Å²) in [7, 11) is 0. The highest BCUT2D eigenvalue weighted by molar-refractivity contribution is 5.96. The lowest BCUT2D eigenvalue weighted by Gasteiger charge is -2.17. The number of fused-ring (bicyclic) bond motifs is 1. The first-order chi connectivity index (χ1) is 9.08. The molecule has 102 valence electrons. The predicted molar refractivity (Wildman–Crippen MR) is 73.0 cm³/mol. The van der Waals surface area contributed by atoms with Crippen LogP contribution in [0.4, 0.5) is 5.69 Å². The third-order valence-electron chi connectivity index (χ3n) is 3.10. The Morgan fingerprint density at radius 2 is 2.00 bits per heavy atom. The van der Waals surface area contributed by atoms with Crippen molar-refractivity contribution in [2.24, 2.45) is 0 Å². The van der Waals surface area contributed by atoms with Crippen LogP contribution >= 0.6 is 0 Å². The van der Waals surface area contributed by atoms with Crippen LogP contribution in [0.15, 0.2) is 24.3 Å². The first-order valence-corrected chi connectivity index (χ1v) is 6.65. The number of hydrogen-bond donors (Lipinski definition) is 0. The zero-order valence-electron chi connectivity index (χ0n) is 11.4. The Hall–Kier alpha value is -1.84. The molecule has 1 aliphatic heterocycles. The molecule has 0 N–H and O–H groups in total. The number of anilines is 1. The highest BCUT2D eigenvalue weighted by Gasteiger charge is 2.24. The highest BCUT2D eigenvalue weighted by atomic mass is 16.5. The zero-order chi connectivity index (χ0) is 13.8. The molecule has 1 heterocycles. The second-order valence-corrected chi connectivity index (χ2v) is 4.96. The predicted octanol–water partition coefficient (Wildman–Crippen LogP) is 2.31.